The number of fused-ring (bicyclic) bond motifs is 1. The number of anilines is 1. The second-order valence-corrected chi connectivity index (χ2v) is 5.47. The number of nitrogens with zero attached hydrogens (tertiary/aromatic N) is 3. The van der Waals surface area contributed by atoms with Gasteiger partial charge in [0.1, 0.15) is 5.75 Å². The van der Waals surface area contributed by atoms with Gasteiger partial charge in [-0.3, -0.25) is 9.89 Å². The summed E-state index contributed by atoms with van der Waals surface area (Å²) in [4.78, 5) is 21.1. The first-order chi connectivity index (χ1) is 11.6. The molecule has 2 N–H and O–H groups in total. The van der Waals surface area contributed by atoms with Crippen molar-refractivity contribution in [3.63, 3.8) is 0 Å². The largest absolute Gasteiger partial charge is 0.494 e. The number of rotatable bonds is 6. The van der Waals surface area contributed by atoms with Crippen LogP contribution < -0.4 is 15.6 Å². The lowest BCUT2D eigenvalue weighted by molar-refractivity contribution is 0.340. The van der Waals surface area contributed by atoms with Crippen LogP contribution in [-0.2, 0) is 13.0 Å². The monoisotopic (exact) mass is 327 g/mol. The van der Waals surface area contributed by atoms with E-state index in [1.54, 1.807) is 0 Å². The predicted octanol–water partition coefficient (Wildman–Crippen LogP) is 2.30. The third-order valence-corrected chi connectivity index (χ3v) is 3.84. The van der Waals surface area contributed by atoms with Gasteiger partial charge in [-0.2, -0.15) is 9.50 Å². The van der Waals surface area contributed by atoms with E-state index in [0.717, 1.165) is 17.0 Å². The highest BCUT2D eigenvalue weighted by Crippen LogP contribution is 2.13. The van der Waals surface area contributed by atoms with E-state index in [-0.39, 0.29) is 5.56 Å². The van der Waals surface area contributed by atoms with Crippen LogP contribution in [0.5, 0.6) is 5.75 Å². The van der Waals surface area contributed by atoms with Crippen molar-refractivity contribution < 1.29 is 4.74 Å². The van der Waals surface area contributed by atoms with Crippen molar-refractivity contribution in [1.82, 2.24) is 19.6 Å². The maximum atomic E-state index is 12.4. The van der Waals surface area contributed by atoms with Gasteiger partial charge >= 0.3 is 0 Å². The Labute approximate surface area is 139 Å². The average molecular weight is 327 g/mol. The zero-order valence-electron chi connectivity index (χ0n) is 14.1. The lowest BCUT2D eigenvalue weighted by Gasteiger charge is -2.05. The Balaban J connectivity index is 1.78. The molecular formula is C17H21N5O2. The summed E-state index contributed by atoms with van der Waals surface area (Å²) >= 11 is 0. The Bertz CT molecular complexity index is 896. The number of aryl methyl sites for hydroxylation is 1. The summed E-state index contributed by atoms with van der Waals surface area (Å²) < 4.78 is 6.81. The summed E-state index contributed by atoms with van der Waals surface area (Å²) in [6.07, 6.45) is 0.647. The first-order valence-electron chi connectivity index (χ1n) is 8.06. The number of aromatic amines is 1. The van der Waals surface area contributed by atoms with E-state index in [0.29, 0.717) is 36.9 Å². The highest BCUT2D eigenvalue weighted by Gasteiger charge is 2.11. The Morgan fingerprint density at radius 2 is 1.96 bits per heavy atom. The number of aromatic nitrogens is 4. The molecule has 0 amide bonds. The molecule has 3 aromatic rings. The highest BCUT2D eigenvalue weighted by molar-refractivity contribution is 5.40. The molecule has 7 nitrogen and oxygen atoms in total. The summed E-state index contributed by atoms with van der Waals surface area (Å²) in [7, 11) is 0. The van der Waals surface area contributed by atoms with Crippen LogP contribution in [0, 0.1) is 6.92 Å². The van der Waals surface area contributed by atoms with Crippen molar-refractivity contribution in [2.75, 3.05) is 11.9 Å². The molecule has 0 radical (unpaired) electrons. The fraction of sp³-hybridized carbons (Fsp3) is 0.353. The van der Waals surface area contributed by atoms with Gasteiger partial charge in [0.15, 0.2) is 0 Å². The molecule has 1 aromatic carbocycles. The molecule has 2 aromatic heterocycles. The fourth-order valence-corrected chi connectivity index (χ4v) is 2.60. The van der Waals surface area contributed by atoms with Crippen LogP contribution >= 0.6 is 0 Å². The van der Waals surface area contributed by atoms with Gasteiger partial charge in [-0.25, -0.2) is 4.98 Å². The topological polar surface area (TPSA) is 84.3 Å². The minimum absolute atomic E-state index is 0.0957. The first kappa shape index (κ1) is 16.0. The molecule has 0 unspecified atom stereocenters. The predicted molar refractivity (Wildman–Crippen MR) is 92.7 cm³/mol. The smallest absolute Gasteiger partial charge is 0.277 e. The van der Waals surface area contributed by atoms with Gasteiger partial charge < -0.3 is 10.1 Å². The summed E-state index contributed by atoms with van der Waals surface area (Å²) in [5.74, 6) is 1.74. The molecule has 0 spiro atoms. The lowest BCUT2D eigenvalue weighted by atomic mass is 10.2. The quantitative estimate of drug-likeness (QED) is 0.726. The molecule has 2 heterocycles. The van der Waals surface area contributed by atoms with Gasteiger partial charge in [0, 0.05) is 12.1 Å². The molecule has 7 heteroatoms. The maximum absolute atomic E-state index is 12.4. The molecule has 3 rings (SSSR count). The molecule has 0 fully saturated rings. The second kappa shape index (κ2) is 6.74. The average Bonchev–Trinajstić information content (AvgIpc) is 2.98. The van der Waals surface area contributed by atoms with Crippen molar-refractivity contribution in [3.05, 3.63) is 51.4 Å². The van der Waals surface area contributed by atoms with Crippen molar-refractivity contribution in [1.29, 1.82) is 0 Å². The summed E-state index contributed by atoms with van der Waals surface area (Å²) in [6, 6.07) is 7.85. The van der Waals surface area contributed by atoms with E-state index in [9.17, 15) is 4.79 Å². The Morgan fingerprint density at radius 3 is 2.62 bits per heavy atom. The second-order valence-electron chi connectivity index (χ2n) is 5.47. The van der Waals surface area contributed by atoms with Gasteiger partial charge in [-0.05, 0) is 38.0 Å². The van der Waals surface area contributed by atoms with E-state index in [2.05, 4.69) is 20.4 Å². The molecule has 0 aliphatic carbocycles. The SMILES string of the molecule is CCOc1ccc(CNc2nc3nc(C)c(CC)c(=O)n3[nH]2)cc1. The summed E-state index contributed by atoms with van der Waals surface area (Å²) in [5.41, 5.74) is 2.42. The van der Waals surface area contributed by atoms with E-state index >= 15 is 0 Å². The third-order valence-electron chi connectivity index (χ3n) is 3.84. The van der Waals surface area contributed by atoms with E-state index < -0.39 is 0 Å². The van der Waals surface area contributed by atoms with Gasteiger partial charge in [-0.1, -0.05) is 19.1 Å². The Hall–Kier alpha value is -2.83. The third kappa shape index (κ3) is 3.10. The minimum atomic E-state index is -0.0957. The number of ether oxygens (including phenoxy) is 1. The summed E-state index contributed by atoms with van der Waals surface area (Å²) in [6.45, 7) is 6.97. The van der Waals surface area contributed by atoms with Crippen LogP contribution in [-0.4, -0.2) is 26.2 Å². The molecule has 0 saturated heterocycles. The Kier molecular flexibility index (Phi) is 4.50. The molecule has 24 heavy (non-hydrogen) atoms. The molecule has 0 aliphatic rings. The molecule has 0 saturated carbocycles. The number of nitrogens with one attached hydrogen (secondary N) is 2. The van der Waals surface area contributed by atoms with E-state index in [1.807, 2.05) is 45.0 Å². The zero-order chi connectivity index (χ0) is 17.1. The molecule has 0 bridgehead atoms. The molecule has 0 atom stereocenters. The van der Waals surface area contributed by atoms with Gasteiger partial charge in [0.05, 0.1) is 12.3 Å². The van der Waals surface area contributed by atoms with E-state index in [4.69, 9.17) is 4.74 Å². The molecule has 126 valence electrons. The van der Waals surface area contributed by atoms with Crippen LogP contribution in [0.4, 0.5) is 5.95 Å². The number of H-pyrrole nitrogens is 1. The molecule has 0 aliphatic heterocycles. The van der Waals surface area contributed by atoms with Gasteiger partial charge in [-0.15, -0.1) is 0 Å². The van der Waals surface area contributed by atoms with Crippen molar-refractivity contribution in [2.24, 2.45) is 0 Å². The highest BCUT2D eigenvalue weighted by atomic mass is 16.5. The van der Waals surface area contributed by atoms with E-state index in [1.165, 1.54) is 4.52 Å². The number of hydrogen-bond donors (Lipinski definition) is 2. The van der Waals surface area contributed by atoms with Crippen LogP contribution in [0.3, 0.4) is 0 Å². The maximum Gasteiger partial charge on any atom is 0.277 e. The number of hydrogen-bond acceptors (Lipinski definition) is 5. The standard InChI is InChI=1S/C17H21N5O2/c1-4-14-11(3)19-17-20-16(21-22(17)15(14)23)18-10-12-6-8-13(9-7-12)24-5-2/h6-9H,4-5,10H2,1-3H3,(H2,18,19,20,21). The number of benzene rings is 1. The van der Waals surface area contributed by atoms with Crippen LogP contribution in [0.25, 0.3) is 5.78 Å². The van der Waals surface area contributed by atoms with Crippen molar-refractivity contribution in [2.45, 2.75) is 33.7 Å². The van der Waals surface area contributed by atoms with Crippen LogP contribution in [0.2, 0.25) is 0 Å². The molecular weight excluding hydrogens is 306 g/mol. The van der Waals surface area contributed by atoms with Crippen molar-refractivity contribution >= 4 is 11.7 Å². The summed E-state index contributed by atoms with van der Waals surface area (Å²) in [5, 5.41) is 6.14. The van der Waals surface area contributed by atoms with Crippen LogP contribution in [0.1, 0.15) is 30.7 Å². The van der Waals surface area contributed by atoms with Gasteiger partial charge in [0.2, 0.25) is 5.95 Å². The Morgan fingerprint density at radius 1 is 1.21 bits per heavy atom. The van der Waals surface area contributed by atoms with Gasteiger partial charge in [0.25, 0.3) is 11.3 Å². The minimum Gasteiger partial charge on any atom is -0.494 e. The zero-order valence-corrected chi connectivity index (χ0v) is 14.1. The first-order valence-corrected chi connectivity index (χ1v) is 8.06. The fourth-order valence-electron chi connectivity index (χ4n) is 2.60. The van der Waals surface area contributed by atoms with Crippen molar-refractivity contribution in [3.8, 4) is 5.75 Å². The lowest BCUT2D eigenvalue weighted by Crippen LogP contribution is -2.21. The van der Waals surface area contributed by atoms with Crippen LogP contribution in [0.15, 0.2) is 29.1 Å². The normalized spacial score (nSPS) is 11.0.